The Kier molecular flexibility index (Phi) is 3.31. The smallest absolute Gasteiger partial charge is 0.294 e. The summed E-state index contributed by atoms with van der Waals surface area (Å²) in [5.41, 5.74) is 3.47. The van der Waals surface area contributed by atoms with E-state index in [-0.39, 0.29) is 5.69 Å². The molecule has 3 aromatic heterocycles. The number of carbonyl (C=O) groups excluding carboxylic acids is 2. The lowest BCUT2D eigenvalue weighted by molar-refractivity contribution is -0.108. The zero-order chi connectivity index (χ0) is 15.0. The molecule has 104 valence electrons. The lowest BCUT2D eigenvalue weighted by Gasteiger charge is -2.04. The summed E-state index contributed by atoms with van der Waals surface area (Å²) < 4.78 is 1.69. The van der Waals surface area contributed by atoms with E-state index in [4.69, 9.17) is 11.6 Å². The van der Waals surface area contributed by atoms with Crippen LogP contribution in [0, 0.1) is 6.92 Å². The first kappa shape index (κ1) is 13.5. The highest BCUT2D eigenvalue weighted by molar-refractivity contribution is 6.83. The Morgan fingerprint density at radius 3 is 2.71 bits per heavy atom. The van der Waals surface area contributed by atoms with Crippen molar-refractivity contribution < 1.29 is 9.59 Å². The number of hydrogen-bond acceptors (Lipinski definition) is 3. The summed E-state index contributed by atoms with van der Waals surface area (Å²) in [6.45, 7) is 1.92. The fraction of sp³-hybridized carbons (Fsp3) is 0.0625. The molecule has 0 fully saturated rings. The van der Waals surface area contributed by atoms with Gasteiger partial charge >= 0.3 is 0 Å². The minimum Gasteiger partial charge on any atom is -0.313 e. The molecule has 0 aliphatic carbocycles. The van der Waals surface area contributed by atoms with Crippen LogP contribution < -0.4 is 0 Å². The van der Waals surface area contributed by atoms with Crippen LogP contribution in [0.2, 0.25) is 0 Å². The Hall–Kier alpha value is -2.46. The number of Topliss-reactive ketones (excluding diaryl/α,β-unsaturated/α-hetero) is 1. The van der Waals surface area contributed by atoms with E-state index >= 15 is 0 Å². The van der Waals surface area contributed by atoms with E-state index in [0.29, 0.717) is 5.56 Å². The van der Waals surface area contributed by atoms with Crippen LogP contribution in [-0.2, 0) is 4.79 Å². The quantitative estimate of drug-likeness (QED) is 0.424. The van der Waals surface area contributed by atoms with E-state index in [0.717, 1.165) is 16.6 Å². The molecule has 0 saturated carbocycles. The van der Waals surface area contributed by atoms with E-state index in [1.165, 1.54) is 0 Å². The predicted molar refractivity (Wildman–Crippen MR) is 80.6 cm³/mol. The summed E-state index contributed by atoms with van der Waals surface area (Å²) in [5.74, 6) is -0.721. The molecule has 0 amide bonds. The molecule has 0 aliphatic rings. The molecule has 0 N–H and O–H groups in total. The SMILES string of the molecule is Cc1ccc2cc(-c3cccnc3)c(C(=O)C(=O)Cl)n2c1. The molecular formula is C16H11ClN2O2. The average molecular weight is 299 g/mol. The molecular weight excluding hydrogens is 288 g/mol. The number of rotatable bonds is 3. The maximum Gasteiger partial charge on any atom is 0.294 e. The van der Waals surface area contributed by atoms with Crippen LogP contribution in [-0.4, -0.2) is 20.4 Å². The molecule has 0 aromatic carbocycles. The fourth-order valence-corrected chi connectivity index (χ4v) is 2.43. The molecule has 0 unspecified atom stereocenters. The van der Waals surface area contributed by atoms with Crippen LogP contribution in [0.15, 0.2) is 48.9 Å². The highest BCUT2D eigenvalue weighted by atomic mass is 35.5. The molecule has 0 bridgehead atoms. The van der Waals surface area contributed by atoms with E-state index in [1.807, 2.05) is 37.4 Å². The first-order chi connectivity index (χ1) is 10.1. The van der Waals surface area contributed by atoms with Crippen molar-refractivity contribution in [2.75, 3.05) is 0 Å². The summed E-state index contributed by atoms with van der Waals surface area (Å²) in [4.78, 5) is 27.6. The number of ketones is 1. The minimum absolute atomic E-state index is 0.265. The van der Waals surface area contributed by atoms with E-state index in [9.17, 15) is 9.59 Å². The van der Waals surface area contributed by atoms with Crippen molar-refractivity contribution in [3.63, 3.8) is 0 Å². The van der Waals surface area contributed by atoms with Gasteiger partial charge in [0.1, 0.15) is 5.69 Å². The molecule has 3 rings (SSSR count). The highest BCUT2D eigenvalue weighted by Gasteiger charge is 2.23. The number of hydrogen-bond donors (Lipinski definition) is 0. The number of fused-ring (bicyclic) bond motifs is 1. The average Bonchev–Trinajstić information content (AvgIpc) is 2.85. The Morgan fingerprint density at radius 2 is 2.05 bits per heavy atom. The van der Waals surface area contributed by atoms with Crippen LogP contribution in [0.4, 0.5) is 0 Å². The van der Waals surface area contributed by atoms with Gasteiger partial charge in [-0.1, -0.05) is 12.1 Å². The Balaban J connectivity index is 2.36. The topological polar surface area (TPSA) is 51.4 Å². The van der Waals surface area contributed by atoms with Gasteiger partial charge in [0.15, 0.2) is 0 Å². The zero-order valence-corrected chi connectivity index (χ0v) is 12.0. The number of nitrogens with zero attached hydrogens (tertiary/aromatic N) is 2. The van der Waals surface area contributed by atoms with Crippen LogP contribution in [0.5, 0.6) is 0 Å². The van der Waals surface area contributed by atoms with Gasteiger partial charge in [0.25, 0.3) is 11.0 Å². The maximum absolute atomic E-state index is 12.2. The van der Waals surface area contributed by atoms with Crippen molar-refractivity contribution >= 4 is 28.1 Å². The van der Waals surface area contributed by atoms with E-state index in [2.05, 4.69) is 4.98 Å². The predicted octanol–water partition coefficient (Wildman–Crippen LogP) is 3.26. The Bertz CT molecular complexity index is 853. The first-order valence-electron chi connectivity index (χ1n) is 6.34. The van der Waals surface area contributed by atoms with Crippen LogP contribution in [0.3, 0.4) is 0 Å². The van der Waals surface area contributed by atoms with Crippen molar-refractivity contribution in [2.24, 2.45) is 0 Å². The van der Waals surface area contributed by atoms with Crippen LogP contribution in [0.25, 0.3) is 16.6 Å². The summed E-state index contributed by atoms with van der Waals surface area (Å²) in [6.07, 6.45) is 5.11. The minimum atomic E-state index is -0.998. The van der Waals surface area contributed by atoms with Gasteiger partial charge in [0.2, 0.25) is 0 Å². The van der Waals surface area contributed by atoms with Gasteiger partial charge in [-0.25, -0.2) is 0 Å². The third-order valence-electron chi connectivity index (χ3n) is 3.28. The monoisotopic (exact) mass is 298 g/mol. The van der Waals surface area contributed by atoms with Gasteiger partial charge in [-0.3, -0.25) is 14.6 Å². The molecule has 0 radical (unpaired) electrons. The molecule has 0 saturated heterocycles. The molecule has 3 aromatic rings. The fourth-order valence-electron chi connectivity index (χ4n) is 2.34. The zero-order valence-electron chi connectivity index (χ0n) is 11.2. The molecule has 0 aliphatic heterocycles. The van der Waals surface area contributed by atoms with Gasteiger partial charge in [0.05, 0.1) is 0 Å². The molecule has 21 heavy (non-hydrogen) atoms. The van der Waals surface area contributed by atoms with E-state index < -0.39 is 11.0 Å². The number of aryl methyl sites for hydroxylation is 1. The molecule has 3 heterocycles. The number of carbonyl (C=O) groups is 2. The second-order valence-corrected chi connectivity index (χ2v) is 5.10. The van der Waals surface area contributed by atoms with Crippen molar-refractivity contribution in [1.29, 1.82) is 0 Å². The lowest BCUT2D eigenvalue weighted by Crippen LogP contribution is -2.12. The number of halogens is 1. The van der Waals surface area contributed by atoms with Crippen LogP contribution in [0.1, 0.15) is 16.1 Å². The van der Waals surface area contributed by atoms with Gasteiger partial charge in [-0.05, 0) is 42.3 Å². The van der Waals surface area contributed by atoms with Crippen molar-refractivity contribution in [2.45, 2.75) is 6.92 Å². The highest BCUT2D eigenvalue weighted by Crippen LogP contribution is 2.28. The third-order valence-corrected chi connectivity index (χ3v) is 3.45. The van der Waals surface area contributed by atoms with Gasteiger partial charge in [-0.15, -0.1) is 0 Å². The second-order valence-electron chi connectivity index (χ2n) is 4.75. The maximum atomic E-state index is 12.2. The second kappa shape index (κ2) is 5.14. The third kappa shape index (κ3) is 2.34. The summed E-state index contributed by atoms with van der Waals surface area (Å²) in [5, 5.41) is -0.998. The lowest BCUT2D eigenvalue weighted by atomic mass is 10.1. The normalized spacial score (nSPS) is 10.8. The number of pyridine rings is 2. The molecule has 0 atom stereocenters. The molecule has 4 nitrogen and oxygen atoms in total. The van der Waals surface area contributed by atoms with Crippen molar-refractivity contribution in [3.8, 4) is 11.1 Å². The van der Waals surface area contributed by atoms with E-state index in [1.54, 1.807) is 22.9 Å². The van der Waals surface area contributed by atoms with Gasteiger partial charge < -0.3 is 4.40 Å². The molecule has 5 heteroatoms. The van der Waals surface area contributed by atoms with Crippen molar-refractivity contribution in [1.82, 2.24) is 9.38 Å². The molecule has 0 spiro atoms. The van der Waals surface area contributed by atoms with Crippen LogP contribution >= 0.6 is 11.6 Å². The summed E-state index contributed by atoms with van der Waals surface area (Å²) >= 11 is 5.40. The van der Waals surface area contributed by atoms with Gasteiger partial charge in [-0.2, -0.15) is 0 Å². The number of aromatic nitrogens is 2. The van der Waals surface area contributed by atoms with Crippen molar-refractivity contribution in [3.05, 3.63) is 60.2 Å². The Morgan fingerprint density at radius 1 is 1.24 bits per heavy atom. The largest absolute Gasteiger partial charge is 0.313 e. The Labute approximate surface area is 126 Å². The summed E-state index contributed by atoms with van der Waals surface area (Å²) in [7, 11) is 0. The standard InChI is InChI=1S/C16H11ClN2O2/c1-10-4-5-12-7-13(11-3-2-6-18-8-11)14(19(12)9-10)15(20)16(17)21/h2-9H,1H3. The summed E-state index contributed by atoms with van der Waals surface area (Å²) in [6, 6.07) is 9.30. The van der Waals surface area contributed by atoms with Gasteiger partial charge in [0, 0.05) is 35.2 Å². The first-order valence-corrected chi connectivity index (χ1v) is 6.72.